The number of amides is 1. The van der Waals surface area contributed by atoms with Crippen molar-refractivity contribution in [2.45, 2.75) is 302 Å². The Kier molecular flexibility index (Phi) is 48.1. The van der Waals surface area contributed by atoms with Crippen LogP contribution in [0.5, 0.6) is 0 Å². The van der Waals surface area contributed by atoms with Crippen molar-refractivity contribution in [1.82, 2.24) is 5.32 Å². The monoisotopic (exact) mass is 834 g/mol. The number of carbonyl (C=O) groups is 2. The van der Waals surface area contributed by atoms with Gasteiger partial charge in [0.2, 0.25) is 5.91 Å². The van der Waals surface area contributed by atoms with Crippen LogP contribution in [-0.4, -0.2) is 47.4 Å². The second-order valence-corrected chi connectivity index (χ2v) is 18.2. The summed E-state index contributed by atoms with van der Waals surface area (Å²) in [6.07, 6.45) is 56.1. The van der Waals surface area contributed by atoms with Crippen LogP contribution in [0.15, 0.2) is 12.2 Å². The number of hydrogen-bond donors (Lipinski definition) is 3. The number of hydrogen-bond acceptors (Lipinski definition) is 5. The molecule has 0 rings (SSSR count). The van der Waals surface area contributed by atoms with Crippen LogP contribution in [0.3, 0.4) is 0 Å². The lowest BCUT2D eigenvalue weighted by atomic mass is 10.0. The van der Waals surface area contributed by atoms with E-state index in [1.807, 2.05) is 0 Å². The molecule has 0 saturated heterocycles. The van der Waals surface area contributed by atoms with Gasteiger partial charge in [-0.05, 0) is 51.4 Å². The van der Waals surface area contributed by atoms with Crippen molar-refractivity contribution in [3.05, 3.63) is 12.2 Å². The van der Waals surface area contributed by atoms with Gasteiger partial charge in [-0.2, -0.15) is 0 Å². The predicted octanol–water partition coefficient (Wildman–Crippen LogP) is 15.7. The highest BCUT2D eigenvalue weighted by Crippen LogP contribution is 2.16. The van der Waals surface area contributed by atoms with Crippen molar-refractivity contribution in [3.63, 3.8) is 0 Å². The molecule has 0 aromatic rings. The van der Waals surface area contributed by atoms with Crippen LogP contribution in [0, 0.1) is 0 Å². The molecule has 0 bridgehead atoms. The Morgan fingerprint density at radius 2 is 0.797 bits per heavy atom. The molecule has 59 heavy (non-hydrogen) atoms. The van der Waals surface area contributed by atoms with Gasteiger partial charge in [-0.1, -0.05) is 238 Å². The maximum Gasteiger partial charge on any atom is 0.305 e. The van der Waals surface area contributed by atoms with Crippen LogP contribution >= 0.6 is 0 Å². The SMILES string of the molecule is CCCCCCCCCCCCCCCC(O)C(CO)NC(=O)CCCCCCC/C=C\CCCCCCCCCCCOC(=O)CCCCCCCCCCCCC. The van der Waals surface area contributed by atoms with Crippen LogP contribution in [0.2, 0.25) is 0 Å². The van der Waals surface area contributed by atoms with Gasteiger partial charge >= 0.3 is 5.97 Å². The molecule has 0 aliphatic heterocycles. The summed E-state index contributed by atoms with van der Waals surface area (Å²) in [6, 6.07) is -0.549. The Balaban J connectivity index is 3.45. The first-order chi connectivity index (χ1) is 29.0. The minimum atomic E-state index is -0.671. The number of nitrogens with one attached hydrogen (secondary N) is 1. The van der Waals surface area contributed by atoms with Crippen LogP contribution in [0.1, 0.15) is 290 Å². The number of allylic oxidation sites excluding steroid dienone is 2. The molecule has 0 spiro atoms. The molecule has 1 amide bonds. The van der Waals surface area contributed by atoms with E-state index < -0.39 is 12.1 Å². The fourth-order valence-electron chi connectivity index (χ4n) is 8.22. The van der Waals surface area contributed by atoms with Crippen molar-refractivity contribution in [2.75, 3.05) is 13.2 Å². The summed E-state index contributed by atoms with van der Waals surface area (Å²) in [5.74, 6) is -0.0460. The lowest BCUT2D eigenvalue weighted by molar-refractivity contribution is -0.143. The first-order valence-corrected chi connectivity index (χ1v) is 26.4. The van der Waals surface area contributed by atoms with Crippen molar-refractivity contribution in [3.8, 4) is 0 Å². The normalized spacial score (nSPS) is 12.7. The summed E-state index contributed by atoms with van der Waals surface area (Å²) in [6.45, 7) is 4.93. The highest BCUT2D eigenvalue weighted by molar-refractivity contribution is 5.76. The van der Waals surface area contributed by atoms with Gasteiger partial charge in [0.15, 0.2) is 0 Å². The zero-order valence-corrected chi connectivity index (χ0v) is 39.7. The standard InChI is InChI=1S/C53H103NO5/c1-3-5-7-9-11-13-15-22-26-29-33-37-41-45-51(56)50(49-55)54-52(57)46-42-38-34-30-27-23-20-18-16-17-19-21-24-28-32-36-40-44-48-59-53(58)47-43-39-35-31-25-14-12-10-8-6-4-2/h18,20,50-51,55-56H,3-17,19,21-49H2,1-2H3,(H,54,57)/b20-18-. The third-order valence-electron chi connectivity index (χ3n) is 12.3. The van der Waals surface area contributed by atoms with Crippen molar-refractivity contribution in [1.29, 1.82) is 0 Å². The molecule has 2 unspecified atom stereocenters. The quantitative estimate of drug-likeness (QED) is 0.0322. The minimum absolute atomic E-state index is 0.00274. The van der Waals surface area contributed by atoms with E-state index in [1.54, 1.807) is 0 Å². The van der Waals surface area contributed by atoms with Gasteiger partial charge in [-0.15, -0.1) is 0 Å². The predicted molar refractivity (Wildman–Crippen MR) is 255 cm³/mol. The third kappa shape index (κ3) is 45.9. The van der Waals surface area contributed by atoms with E-state index in [0.717, 1.165) is 57.8 Å². The zero-order valence-electron chi connectivity index (χ0n) is 39.7. The fraction of sp³-hybridized carbons (Fsp3) is 0.925. The number of unbranched alkanes of at least 4 members (excludes halogenated alkanes) is 36. The van der Waals surface area contributed by atoms with Gasteiger partial charge in [-0.3, -0.25) is 9.59 Å². The van der Waals surface area contributed by atoms with E-state index in [0.29, 0.717) is 25.9 Å². The molecule has 0 aliphatic rings. The highest BCUT2D eigenvalue weighted by Gasteiger charge is 2.20. The van der Waals surface area contributed by atoms with Gasteiger partial charge in [-0.25, -0.2) is 0 Å². The van der Waals surface area contributed by atoms with Gasteiger partial charge in [0.1, 0.15) is 0 Å². The van der Waals surface area contributed by atoms with Gasteiger partial charge in [0, 0.05) is 12.8 Å². The Morgan fingerprint density at radius 1 is 0.458 bits per heavy atom. The lowest BCUT2D eigenvalue weighted by Gasteiger charge is -2.22. The van der Waals surface area contributed by atoms with E-state index in [2.05, 4.69) is 31.3 Å². The van der Waals surface area contributed by atoms with Gasteiger partial charge < -0.3 is 20.3 Å². The smallest absolute Gasteiger partial charge is 0.305 e. The van der Waals surface area contributed by atoms with Crippen molar-refractivity contribution in [2.24, 2.45) is 0 Å². The molecular weight excluding hydrogens is 731 g/mol. The van der Waals surface area contributed by atoms with Gasteiger partial charge in [0.25, 0.3) is 0 Å². The second kappa shape index (κ2) is 49.3. The van der Waals surface area contributed by atoms with E-state index in [9.17, 15) is 19.8 Å². The summed E-state index contributed by atoms with van der Waals surface area (Å²) in [4.78, 5) is 24.4. The first-order valence-electron chi connectivity index (χ1n) is 26.4. The number of aliphatic hydroxyl groups excluding tert-OH is 2. The molecule has 6 nitrogen and oxygen atoms in total. The molecule has 0 fully saturated rings. The molecule has 6 heteroatoms. The molecular formula is C53H103NO5. The highest BCUT2D eigenvalue weighted by atomic mass is 16.5. The first kappa shape index (κ1) is 57.6. The van der Waals surface area contributed by atoms with Gasteiger partial charge in [0.05, 0.1) is 25.4 Å². The molecule has 350 valence electrons. The Labute approximate surface area is 368 Å². The number of ether oxygens (including phenoxy) is 1. The van der Waals surface area contributed by atoms with E-state index >= 15 is 0 Å². The topological polar surface area (TPSA) is 95.9 Å². The Bertz CT molecular complexity index is 878. The largest absolute Gasteiger partial charge is 0.466 e. The van der Waals surface area contributed by atoms with Crippen molar-refractivity contribution < 1.29 is 24.5 Å². The molecule has 0 radical (unpaired) electrons. The zero-order chi connectivity index (χ0) is 43.0. The van der Waals surface area contributed by atoms with Crippen LogP contribution in [0.25, 0.3) is 0 Å². The molecule has 0 aromatic heterocycles. The minimum Gasteiger partial charge on any atom is -0.466 e. The Morgan fingerprint density at radius 3 is 1.20 bits per heavy atom. The maximum absolute atomic E-state index is 12.4. The van der Waals surface area contributed by atoms with E-state index in [-0.39, 0.29) is 18.5 Å². The average molecular weight is 834 g/mol. The molecule has 3 N–H and O–H groups in total. The van der Waals surface area contributed by atoms with Crippen LogP contribution < -0.4 is 5.32 Å². The lowest BCUT2D eigenvalue weighted by Crippen LogP contribution is -2.45. The maximum atomic E-state index is 12.4. The Hall–Kier alpha value is -1.40. The summed E-state index contributed by atoms with van der Waals surface area (Å²) in [5, 5.41) is 23.2. The molecule has 0 heterocycles. The van der Waals surface area contributed by atoms with E-state index in [4.69, 9.17) is 4.74 Å². The molecule has 0 aromatic carbocycles. The summed E-state index contributed by atoms with van der Waals surface area (Å²) >= 11 is 0. The fourth-order valence-corrected chi connectivity index (χ4v) is 8.22. The molecule has 2 atom stereocenters. The number of carbonyl (C=O) groups excluding carboxylic acids is 2. The number of rotatable bonds is 49. The van der Waals surface area contributed by atoms with Crippen LogP contribution in [0.4, 0.5) is 0 Å². The van der Waals surface area contributed by atoms with Crippen molar-refractivity contribution >= 4 is 11.9 Å². The average Bonchev–Trinajstić information content (AvgIpc) is 3.24. The number of aliphatic hydroxyl groups is 2. The summed E-state index contributed by atoms with van der Waals surface area (Å²) in [5.41, 5.74) is 0. The molecule has 0 saturated carbocycles. The summed E-state index contributed by atoms with van der Waals surface area (Å²) < 4.78 is 5.45. The second-order valence-electron chi connectivity index (χ2n) is 18.2. The van der Waals surface area contributed by atoms with E-state index in [1.165, 1.54) is 199 Å². The van der Waals surface area contributed by atoms with Crippen LogP contribution in [-0.2, 0) is 14.3 Å². The summed E-state index contributed by atoms with van der Waals surface area (Å²) in [7, 11) is 0. The number of esters is 1. The molecule has 0 aliphatic carbocycles. The third-order valence-corrected chi connectivity index (χ3v) is 12.3.